The van der Waals surface area contributed by atoms with Crippen molar-refractivity contribution in [2.45, 2.75) is 63.8 Å². The highest BCUT2D eigenvalue weighted by atomic mass is 35.5. The second-order valence-electron chi connectivity index (χ2n) is 12.3. The van der Waals surface area contributed by atoms with E-state index in [1.165, 1.54) is 7.11 Å². The molecule has 1 saturated carbocycles. The second-order valence-corrected chi connectivity index (χ2v) is 12.7. The van der Waals surface area contributed by atoms with Gasteiger partial charge in [0.25, 0.3) is 0 Å². The lowest BCUT2D eigenvalue weighted by molar-refractivity contribution is -0.0592. The lowest BCUT2D eigenvalue weighted by Crippen LogP contribution is -2.35. The van der Waals surface area contributed by atoms with Crippen molar-refractivity contribution in [1.29, 1.82) is 0 Å². The molecule has 0 bridgehead atoms. The Bertz CT molecular complexity index is 1720. The van der Waals surface area contributed by atoms with Gasteiger partial charge in [0.1, 0.15) is 12.4 Å². The quantitative estimate of drug-likeness (QED) is 0.143. The van der Waals surface area contributed by atoms with Crippen molar-refractivity contribution < 1.29 is 23.8 Å². The van der Waals surface area contributed by atoms with E-state index in [4.69, 9.17) is 35.8 Å². The van der Waals surface area contributed by atoms with Crippen LogP contribution in [0.2, 0.25) is 5.02 Å². The largest absolute Gasteiger partial charge is 0.473 e. The zero-order chi connectivity index (χ0) is 30.9. The topological polar surface area (TPSA) is 95.8 Å². The standard InChI is InChI=1S/C35H37ClN4O5/c1-43-35(42)25-9-10-30-31(18-25)40(19-27-13-16-44-27)32(37-30)20-39-14-11-22(12-15-39)29-3-2-4-33(38-29)45-21-26-8-7-24(17-28(26)36)34(41)23-5-6-23/h2-4,7-10,17-18,22-23,27H,5-6,11-16,19-21H2,1H3. The molecule has 3 aliphatic rings. The first-order valence-corrected chi connectivity index (χ1v) is 16.2. The van der Waals surface area contributed by atoms with Crippen molar-refractivity contribution >= 4 is 34.4 Å². The van der Waals surface area contributed by atoms with Crippen LogP contribution in [-0.4, -0.2) is 64.1 Å². The first-order valence-electron chi connectivity index (χ1n) is 15.8. The average Bonchev–Trinajstić information content (AvgIpc) is 3.84. The van der Waals surface area contributed by atoms with Crippen LogP contribution in [0.15, 0.2) is 54.6 Å². The zero-order valence-electron chi connectivity index (χ0n) is 25.4. The summed E-state index contributed by atoms with van der Waals surface area (Å²) in [6.45, 7) is 4.38. The molecule has 2 aromatic heterocycles. The van der Waals surface area contributed by atoms with Crippen molar-refractivity contribution in [3.8, 4) is 5.88 Å². The highest BCUT2D eigenvalue weighted by molar-refractivity contribution is 6.31. The number of benzene rings is 2. The summed E-state index contributed by atoms with van der Waals surface area (Å²) >= 11 is 6.49. The van der Waals surface area contributed by atoms with Crippen LogP contribution in [0.5, 0.6) is 5.88 Å². The fraction of sp³-hybridized carbons (Fsp3) is 0.429. The van der Waals surface area contributed by atoms with E-state index >= 15 is 0 Å². The van der Waals surface area contributed by atoms with Gasteiger partial charge in [-0.1, -0.05) is 29.8 Å². The van der Waals surface area contributed by atoms with Gasteiger partial charge in [-0.25, -0.2) is 14.8 Å². The third kappa shape index (κ3) is 6.61. The minimum absolute atomic E-state index is 0.167. The van der Waals surface area contributed by atoms with Crippen LogP contribution in [0, 0.1) is 5.92 Å². The van der Waals surface area contributed by atoms with Crippen LogP contribution in [0.25, 0.3) is 11.0 Å². The van der Waals surface area contributed by atoms with Gasteiger partial charge in [0.2, 0.25) is 5.88 Å². The third-order valence-electron chi connectivity index (χ3n) is 9.21. The van der Waals surface area contributed by atoms with Gasteiger partial charge < -0.3 is 18.8 Å². The number of hydrogen-bond acceptors (Lipinski definition) is 8. The number of aromatic nitrogens is 3. The molecule has 2 aliphatic heterocycles. The number of fused-ring (bicyclic) bond motifs is 1. The SMILES string of the molecule is COC(=O)c1ccc2nc(CN3CCC(c4cccc(OCc5ccc(C(=O)C6CC6)cc5Cl)n4)CC3)n(CC3CCO3)c2c1. The second kappa shape index (κ2) is 12.9. The molecule has 2 saturated heterocycles. The van der Waals surface area contributed by atoms with Gasteiger partial charge in [-0.05, 0) is 75.5 Å². The number of carbonyl (C=O) groups excluding carboxylic acids is 2. The summed E-state index contributed by atoms with van der Waals surface area (Å²) in [6, 6.07) is 17.0. The summed E-state index contributed by atoms with van der Waals surface area (Å²) < 4.78 is 19.0. The Kier molecular flexibility index (Phi) is 8.57. The minimum atomic E-state index is -0.351. The fourth-order valence-electron chi connectivity index (χ4n) is 6.25. The van der Waals surface area contributed by atoms with E-state index < -0.39 is 0 Å². The molecule has 1 aliphatic carbocycles. The minimum Gasteiger partial charge on any atom is -0.473 e. The van der Waals surface area contributed by atoms with E-state index in [9.17, 15) is 9.59 Å². The normalized spacial score (nSPS) is 18.9. The van der Waals surface area contributed by atoms with Crippen LogP contribution in [0.4, 0.5) is 0 Å². The number of ketones is 1. The first kappa shape index (κ1) is 29.9. The number of methoxy groups -OCH3 is 1. The van der Waals surface area contributed by atoms with E-state index in [1.54, 1.807) is 12.1 Å². The number of ether oxygens (including phenoxy) is 3. The molecule has 45 heavy (non-hydrogen) atoms. The highest BCUT2D eigenvalue weighted by Gasteiger charge is 2.31. The van der Waals surface area contributed by atoms with Gasteiger partial charge in [-0.2, -0.15) is 0 Å². The summed E-state index contributed by atoms with van der Waals surface area (Å²) in [4.78, 5) is 36.8. The van der Waals surface area contributed by atoms with Gasteiger partial charge in [-0.3, -0.25) is 9.69 Å². The van der Waals surface area contributed by atoms with Crippen LogP contribution < -0.4 is 4.74 Å². The number of nitrogens with zero attached hydrogens (tertiary/aromatic N) is 4. The summed E-state index contributed by atoms with van der Waals surface area (Å²) in [7, 11) is 1.40. The summed E-state index contributed by atoms with van der Waals surface area (Å²) in [6.07, 6.45) is 5.11. The number of imidazole rings is 1. The van der Waals surface area contributed by atoms with E-state index in [1.807, 2.05) is 36.4 Å². The molecule has 0 N–H and O–H groups in total. The highest BCUT2D eigenvalue weighted by Crippen LogP contribution is 2.34. The fourth-order valence-corrected chi connectivity index (χ4v) is 6.49. The number of likely N-dealkylation sites (tertiary alicyclic amines) is 1. The summed E-state index contributed by atoms with van der Waals surface area (Å²) in [5.74, 6) is 1.89. The Morgan fingerprint density at radius 2 is 1.78 bits per heavy atom. The van der Waals surface area contributed by atoms with Gasteiger partial charge in [-0.15, -0.1) is 0 Å². The number of pyridine rings is 1. The molecule has 0 amide bonds. The molecule has 1 unspecified atom stereocenters. The maximum atomic E-state index is 12.4. The lowest BCUT2D eigenvalue weighted by atomic mass is 9.93. The van der Waals surface area contributed by atoms with E-state index in [0.29, 0.717) is 34.6 Å². The number of hydrogen-bond donors (Lipinski definition) is 0. The molecule has 7 rings (SSSR count). The van der Waals surface area contributed by atoms with Gasteiger partial charge in [0.05, 0.1) is 42.9 Å². The van der Waals surface area contributed by atoms with E-state index in [2.05, 4.69) is 15.5 Å². The monoisotopic (exact) mass is 628 g/mol. The molecule has 9 nitrogen and oxygen atoms in total. The van der Waals surface area contributed by atoms with Crippen LogP contribution in [-0.2, 0) is 29.2 Å². The summed E-state index contributed by atoms with van der Waals surface area (Å²) in [5.41, 5.74) is 4.87. The van der Waals surface area contributed by atoms with Crippen molar-refractivity contribution in [3.63, 3.8) is 0 Å². The summed E-state index contributed by atoms with van der Waals surface area (Å²) in [5, 5.41) is 0.544. The van der Waals surface area contributed by atoms with Gasteiger partial charge >= 0.3 is 5.97 Å². The smallest absolute Gasteiger partial charge is 0.337 e. The lowest BCUT2D eigenvalue weighted by Gasteiger charge is -2.32. The average molecular weight is 629 g/mol. The predicted molar refractivity (Wildman–Crippen MR) is 170 cm³/mol. The Morgan fingerprint density at radius 1 is 0.978 bits per heavy atom. The van der Waals surface area contributed by atoms with Crippen LogP contribution in [0.3, 0.4) is 0 Å². The maximum absolute atomic E-state index is 12.4. The van der Waals surface area contributed by atoms with Crippen molar-refractivity contribution in [3.05, 3.63) is 87.8 Å². The molecule has 0 spiro atoms. The Balaban J connectivity index is 0.981. The first-order chi connectivity index (χ1) is 21.9. The number of carbonyl (C=O) groups is 2. The molecule has 2 aromatic carbocycles. The predicted octanol–water partition coefficient (Wildman–Crippen LogP) is 6.21. The zero-order valence-corrected chi connectivity index (χ0v) is 26.2. The van der Waals surface area contributed by atoms with Crippen molar-refractivity contribution in [2.24, 2.45) is 5.92 Å². The Labute approximate surface area is 267 Å². The molecular weight excluding hydrogens is 592 g/mol. The van der Waals surface area contributed by atoms with E-state index in [0.717, 1.165) is 93.0 Å². The molecule has 3 fully saturated rings. The molecule has 1 atom stereocenters. The van der Waals surface area contributed by atoms with Gasteiger partial charge in [0, 0.05) is 46.4 Å². The number of piperidine rings is 1. The Hall–Kier alpha value is -3.79. The third-order valence-corrected chi connectivity index (χ3v) is 9.56. The molecule has 0 radical (unpaired) electrons. The van der Waals surface area contributed by atoms with Crippen LogP contribution >= 0.6 is 11.6 Å². The Morgan fingerprint density at radius 3 is 2.49 bits per heavy atom. The maximum Gasteiger partial charge on any atom is 0.337 e. The molecule has 234 valence electrons. The van der Waals surface area contributed by atoms with Gasteiger partial charge in [0.15, 0.2) is 5.78 Å². The molecular formula is C35H37ClN4O5. The number of Topliss-reactive ketones (excluding diaryl/α,β-unsaturated/α-hetero) is 1. The van der Waals surface area contributed by atoms with Crippen LogP contribution in [0.1, 0.15) is 75.8 Å². The molecule has 4 heterocycles. The number of halogens is 1. The van der Waals surface area contributed by atoms with E-state index in [-0.39, 0.29) is 23.8 Å². The molecule has 4 aromatic rings. The number of esters is 1. The molecule has 10 heteroatoms. The number of rotatable bonds is 11. The van der Waals surface area contributed by atoms with Crippen molar-refractivity contribution in [2.75, 3.05) is 26.8 Å². The van der Waals surface area contributed by atoms with Crippen molar-refractivity contribution in [1.82, 2.24) is 19.4 Å².